The van der Waals surface area contributed by atoms with Gasteiger partial charge in [-0.2, -0.15) is 0 Å². The number of fused-ring (bicyclic) bond motifs is 1. The van der Waals surface area contributed by atoms with Gasteiger partial charge in [-0.15, -0.1) is 0 Å². The van der Waals surface area contributed by atoms with Crippen molar-refractivity contribution in [2.45, 2.75) is 26.3 Å². The van der Waals surface area contributed by atoms with E-state index in [1.165, 1.54) is 6.07 Å². The van der Waals surface area contributed by atoms with E-state index in [1.54, 1.807) is 6.33 Å². The fraction of sp³-hybridized carbons (Fsp3) is 0.533. The Hall–Kier alpha value is -1.53. The third-order valence-corrected chi connectivity index (χ3v) is 3.26. The summed E-state index contributed by atoms with van der Waals surface area (Å²) in [7, 11) is 0. The smallest absolute Gasteiger partial charge is 0.161 e. The van der Waals surface area contributed by atoms with Crippen molar-refractivity contribution in [2.24, 2.45) is 0 Å². The number of unbranched alkanes of at least 4 members (excludes halogenated alkanes) is 1. The highest BCUT2D eigenvalue weighted by molar-refractivity contribution is 5.75. The molecule has 1 aromatic carbocycles. The number of benzene rings is 1. The van der Waals surface area contributed by atoms with E-state index in [0.717, 1.165) is 38.6 Å². The number of hydrogen-bond donors (Lipinski definition) is 1. The van der Waals surface area contributed by atoms with Gasteiger partial charge in [0, 0.05) is 38.4 Å². The number of ether oxygens (including phenoxy) is 1. The summed E-state index contributed by atoms with van der Waals surface area (Å²) in [4.78, 5) is 4.07. The summed E-state index contributed by atoms with van der Waals surface area (Å²) in [5.41, 5.74) is 1.08. The van der Waals surface area contributed by atoms with Crippen LogP contribution in [0.15, 0.2) is 18.5 Å². The molecule has 0 bridgehead atoms. The molecule has 0 saturated heterocycles. The molecule has 0 atom stereocenters. The molecule has 0 fully saturated rings. The number of imidazole rings is 1. The Morgan fingerprint density at radius 2 is 2.00 bits per heavy atom. The molecule has 116 valence electrons. The van der Waals surface area contributed by atoms with Crippen LogP contribution in [0.3, 0.4) is 0 Å². The summed E-state index contributed by atoms with van der Waals surface area (Å²) in [6, 6.07) is 2.31. The molecule has 0 amide bonds. The van der Waals surface area contributed by atoms with Crippen LogP contribution in [-0.4, -0.2) is 35.9 Å². The Labute approximate surface area is 123 Å². The zero-order valence-corrected chi connectivity index (χ0v) is 12.2. The summed E-state index contributed by atoms with van der Waals surface area (Å²) in [6.45, 7) is 5.77. The Morgan fingerprint density at radius 1 is 1.19 bits per heavy atom. The van der Waals surface area contributed by atoms with Gasteiger partial charge in [-0.1, -0.05) is 13.3 Å². The molecule has 2 rings (SSSR count). The second-order valence-corrected chi connectivity index (χ2v) is 4.91. The van der Waals surface area contributed by atoms with Crippen LogP contribution < -0.4 is 5.32 Å². The van der Waals surface area contributed by atoms with Crippen LogP contribution in [0.4, 0.5) is 8.78 Å². The number of hydrogen-bond acceptors (Lipinski definition) is 3. The van der Waals surface area contributed by atoms with Crippen LogP contribution in [0.5, 0.6) is 0 Å². The summed E-state index contributed by atoms with van der Waals surface area (Å²) in [5, 5.41) is 3.25. The van der Waals surface area contributed by atoms with Gasteiger partial charge in [-0.3, -0.25) is 0 Å². The molecular formula is C15H21F2N3O. The standard InChI is InChI=1S/C15H21F2N3O/c1-2-3-7-21-8-5-18-4-6-20-11-19-14-9-12(16)13(17)10-15(14)20/h9-11,18H,2-8H2,1H3. The van der Waals surface area contributed by atoms with E-state index in [4.69, 9.17) is 4.74 Å². The molecule has 0 saturated carbocycles. The van der Waals surface area contributed by atoms with Gasteiger partial charge < -0.3 is 14.6 Å². The fourth-order valence-electron chi connectivity index (χ4n) is 2.05. The van der Waals surface area contributed by atoms with E-state index in [-0.39, 0.29) is 0 Å². The van der Waals surface area contributed by atoms with E-state index in [1.807, 2.05) is 4.57 Å². The van der Waals surface area contributed by atoms with Crippen molar-refractivity contribution in [2.75, 3.05) is 26.3 Å². The molecule has 21 heavy (non-hydrogen) atoms. The quantitative estimate of drug-likeness (QED) is 0.723. The van der Waals surface area contributed by atoms with E-state index < -0.39 is 11.6 Å². The van der Waals surface area contributed by atoms with Gasteiger partial charge in [0.25, 0.3) is 0 Å². The average molecular weight is 297 g/mol. The van der Waals surface area contributed by atoms with E-state index >= 15 is 0 Å². The lowest BCUT2D eigenvalue weighted by atomic mass is 10.3. The molecule has 4 nitrogen and oxygen atoms in total. The number of nitrogens with one attached hydrogen (secondary N) is 1. The number of nitrogens with zero attached hydrogens (tertiary/aromatic N) is 2. The largest absolute Gasteiger partial charge is 0.380 e. The average Bonchev–Trinajstić information content (AvgIpc) is 2.85. The molecular weight excluding hydrogens is 276 g/mol. The summed E-state index contributed by atoms with van der Waals surface area (Å²) < 4.78 is 33.6. The SMILES string of the molecule is CCCCOCCNCCn1cnc2cc(F)c(F)cc21. The van der Waals surface area contributed by atoms with Crippen molar-refractivity contribution in [1.82, 2.24) is 14.9 Å². The molecule has 0 spiro atoms. The predicted octanol–water partition coefficient (Wildman–Crippen LogP) is 2.72. The molecule has 0 aliphatic rings. The van der Waals surface area contributed by atoms with Gasteiger partial charge in [0.05, 0.1) is 24.0 Å². The van der Waals surface area contributed by atoms with Gasteiger partial charge in [0.2, 0.25) is 0 Å². The molecule has 0 radical (unpaired) electrons. The lowest BCUT2D eigenvalue weighted by Gasteiger charge is -2.07. The van der Waals surface area contributed by atoms with Crippen LogP contribution >= 0.6 is 0 Å². The van der Waals surface area contributed by atoms with Crippen molar-refractivity contribution in [3.05, 3.63) is 30.1 Å². The number of aromatic nitrogens is 2. The van der Waals surface area contributed by atoms with Crippen LogP contribution in [0.25, 0.3) is 11.0 Å². The van der Waals surface area contributed by atoms with Gasteiger partial charge in [0.1, 0.15) is 0 Å². The highest BCUT2D eigenvalue weighted by Crippen LogP contribution is 2.17. The molecule has 1 aromatic heterocycles. The van der Waals surface area contributed by atoms with Crippen LogP contribution in [-0.2, 0) is 11.3 Å². The minimum absolute atomic E-state index is 0.469. The second kappa shape index (κ2) is 8.05. The molecule has 0 unspecified atom stereocenters. The zero-order chi connectivity index (χ0) is 15.1. The number of rotatable bonds is 9. The minimum Gasteiger partial charge on any atom is -0.380 e. The monoisotopic (exact) mass is 297 g/mol. The van der Waals surface area contributed by atoms with Gasteiger partial charge in [0.15, 0.2) is 11.6 Å². The topological polar surface area (TPSA) is 39.1 Å². The molecule has 0 aliphatic heterocycles. The zero-order valence-electron chi connectivity index (χ0n) is 12.2. The highest BCUT2D eigenvalue weighted by Gasteiger charge is 2.08. The van der Waals surface area contributed by atoms with E-state index in [0.29, 0.717) is 24.2 Å². The lowest BCUT2D eigenvalue weighted by molar-refractivity contribution is 0.133. The summed E-state index contributed by atoms with van der Waals surface area (Å²) in [6.07, 6.45) is 3.82. The first kappa shape index (κ1) is 15.9. The molecule has 6 heteroatoms. The van der Waals surface area contributed by atoms with Crippen molar-refractivity contribution in [3.8, 4) is 0 Å². The van der Waals surface area contributed by atoms with Crippen LogP contribution in [0, 0.1) is 11.6 Å². The Bertz CT molecular complexity index is 571. The van der Waals surface area contributed by atoms with Crippen LogP contribution in [0.1, 0.15) is 19.8 Å². The minimum atomic E-state index is -0.866. The Balaban J connectivity index is 1.75. The maximum atomic E-state index is 13.2. The maximum absolute atomic E-state index is 13.2. The Morgan fingerprint density at radius 3 is 2.81 bits per heavy atom. The first-order valence-corrected chi connectivity index (χ1v) is 7.30. The second-order valence-electron chi connectivity index (χ2n) is 4.91. The highest BCUT2D eigenvalue weighted by atomic mass is 19.2. The molecule has 0 aliphatic carbocycles. The molecule has 1 heterocycles. The molecule has 2 aromatic rings. The lowest BCUT2D eigenvalue weighted by Crippen LogP contribution is -2.24. The predicted molar refractivity (Wildman–Crippen MR) is 78.2 cm³/mol. The first-order valence-electron chi connectivity index (χ1n) is 7.30. The third-order valence-electron chi connectivity index (χ3n) is 3.26. The normalized spacial score (nSPS) is 11.4. The maximum Gasteiger partial charge on any atom is 0.161 e. The van der Waals surface area contributed by atoms with Gasteiger partial charge >= 0.3 is 0 Å². The first-order chi connectivity index (χ1) is 10.2. The fourth-order valence-corrected chi connectivity index (χ4v) is 2.05. The number of halogens is 2. The van der Waals surface area contributed by atoms with Crippen molar-refractivity contribution in [1.29, 1.82) is 0 Å². The van der Waals surface area contributed by atoms with Gasteiger partial charge in [-0.05, 0) is 6.42 Å². The summed E-state index contributed by atoms with van der Waals surface area (Å²) in [5.74, 6) is -1.71. The van der Waals surface area contributed by atoms with Crippen LogP contribution in [0.2, 0.25) is 0 Å². The summed E-state index contributed by atoms with van der Waals surface area (Å²) >= 11 is 0. The van der Waals surface area contributed by atoms with Crippen molar-refractivity contribution >= 4 is 11.0 Å². The molecule has 1 N–H and O–H groups in total. The van der Waals surface area contributed by atoms with Gasteiger partial charge in [-0.25, -0.2) is 13.8 Å². The third kappa shape index (κ3) is 4.47. The van der Waals surface area contributed by atoms with Crippen molar-refractivity contribution in [3.63, 3.8) is 0 Å². The van der Waals surface area contributed by atoms with E-state index in [9.17, 15) is 8.78 Å². The van der Waals surface area contributed by atoms with E-state index in [2.05, 4.69) is 17.2 Å². The van der Waals surface area contributed by atoms with Crippen molar-refractivity contribution < 1.29 is 13.5 Å². The Kier molecular flexibility index (Phi) is 6.07.